The van der Waals surface area contributed by atoms with Gasteiger partial charge in [0.2, 0.25) is 5.91 Å². The lowest BCUT2D eigenvalue weighted by molar-refractivity contribution is -0.116. The molecule has 0 saturated carbocycles. The summed E-state index contributed by atoms with van der Waals surface area (Å²) in [4.78, 5) is 26.6. The van der Waals surface area contributed by atoms with Crippen LogP contribution in [0.3, 0.4) is 0 Å². The number of rotatable bonds is 5. The first-order valence-electron chi connectivity index (χ1n) is 9.06. The minimum absolute atomic E-state index is 0.0250. The molecule has 0 radical (unpaired) electrons. The minimum atomic E-state index is -0.292. The lowest BCUT2D eigenvalue weighted by atomic mass is 10.1. The van der Waals surface area contributed by atoms with Crippen molar-refractivity contribution in [3.05, 3.63) is 65.5 Å². The summed E-state index contributed by atoms with van der Waals surface area (Å²) >= 11 is 0. The first-order chi connectivity index (χ1) is 13.0. The van der Waals surface area contributed by atoms with Gasteiger partial charge in [0.1, 0.15) is 5.82 Å². The SMILES string of the molecule is CC1CN(C(=O)c2cccc(NC(=O)CCc3ccc(F)cc3)c2)CCO1. The highest BCUT2D eigenvalue weighted by atomic mass is 19.1. The zero-order valence-electron chi connectivity index (χ0n) is 15.3. The van der Waals surface area contributed by atoms with Crippen molar-refractivity contribution in [3.63, 3.8) is 0 Å². The zero-order chi connectivity index (χ0) is 19.2. The number of nitrogens with one attached hydrogen (secondary N) is 1. The first-order valence-corrected chi connectivity index (χ1v) is 9.06. The van der Waals surface area contributed by atoms with Crippen LogP contribution in [0.15, 0.2) is 48.5 Å². The Kier molecular flexibility index (Phi) is 6.19. The maximum atomic E-state index is 12.9. The predicted molar refractivity (Wildman–Crippen MR) is 101 cm³/mol. The number of ether oxygens (including phenoxy) is 1. The molecule has 2 amide bonds. The molecule has 2 aromatic carbocycles. The van der Waals surface area contributed by atoms with Crippen LogP contribution in [0.4, 0.5) is 10.1 Å². The molecule has 1 aliphatic heterocycles. The second-order valence-corrected chi connectivity index (χ2v) is 6.69. The van der Waals surface area contributed by atoms with Crippen LogP contribution in [0.1, 0.15) is 29.3 Å². The average Bonchev–Trinajstić information content (AvgIpc) is 2.67. The fourth-order valence-electron chi connectivity index (χ4n) is 3.05. The summed E-state index contributed by atoms with van der Waals surface area (Å²) in [6, 6.07) is 13.1. The van der Waals surface area contributed by atoms with Crippen LogP contribution in [0.5, 0.6) is 0 Å². The van der Waals surface area contributed by atoms with Gasteiger partial charge in [0.15, 0.2) is 0 Å². The second-order valence-electron chi connectivity index (χ2n) is 6.69. The van der Waals surface area contributed by atoms with Gasteiger partial charge in [0, 0.05) is 30.8 Å². The summed E-state index contributed by atoms with van der Waals surface area (Å²) in [7, 11) is 0. The molecule has 1 atom stereocenters. The summed E-state index contributed by atoms with van der Waals surface area (Å²) in [6.45, 7) is 3.61. The smallest absolute Gasteiger partial charge is 0.254 e. The van der Waals surface area contributed by atoms with Crippen molar-refractivity contribution in [3.8, 4) is 0 Å². The first kappa shape index (κ1) is 19.0. The molecule has 0 spiro atoms. The molecule has 6 heteroatoms. The van der Waals surface area contributed by atoms with Crippen LogP contribution < -0.4 is 5.32 Å². The molecule has 5 nitrogen and oxygen atoms in total. The molecule has 27 heavy (non-hydrogen) atoms. The van der Waals surface area contributed by atoms with Gasteiger partial charge in [-0.25, -0.2) is 4.39 Å². The molecule has 2 aromatic rings. The van der Waals surface area contributed by atoms with Gasteiger partial charge in [-0.1, -0.05) is 18.2 Å². The van der Waals surface area contributed by atoms with E-state index in [4.69, 9.17) is 4.74 Å². The monoisotopic (exact) mass is 370 g/mol. The van der Waals surface area contributed by atoms with E-state index in [2.05, 4.69) is 5.32 Å². The lowest BCUT2D eigenvalue weighted by Gasteiger charge is -2.31. The molecule has 1 saturated heterocycles. The number of hydrogen-bond acceptors (Lipinski definition) is 3. The van der Waals surface area contributed by atoms with Crippen LogP contribution in [-0.2, 0) is 16.0 Å². The molecule has 142 valence electrons. The van der Waals surface area contributed by atoms with Gasteiger partial charge in [-0.05, 0) is 49.2 Å². The van der Waals surface area contributed by atoms with Crippen LogP contribution >= 0.6 is 0 Å². The van der Waals surface area contributed by atoms with Crippen LogP contribution in [0.25, 0.3) is 0 Å². The van der Waals surface area contributed by atoms with Gasteiger partial charge >= 0.3 is 0 Å². The Labute approximate surface area is 158 Å². The molecule has 1 unspecified atom stereocenters. The summed E-state index contributed by atoms with van der Waals surface area (Å²) in [5.74, 6) is -0.504. The van der Waals surface area contributed by atoms with Crippen molar-refractivity contribution >= 4 is 17.5 Å². The van der Waals surface area contributed by atoms with Crippen LogP contribution in [0.2, 0.25) is 0 Å². The number of carbonyl (C=O) groups excluding carboxylic acids is 2. The summed E-state index contributed by atoms with van der Waals surface area (Å²) < 4.78 is 18.4. The molecule has 1 heterocycles. The van der Waals surface area contributed by atoms with Gasteiger partial charge in [-0.3, -0.25) is 9.59 Å². The Morgan fingerprint density at radius 3 is 2.74 bits per heavy atom. The molecule has 0 aliphatic carbocycles. The number of halogens is 1. The molecule has 3 rings (SSSR count). The van der Waals surface area contributed by atoms with E-state index in [0.717, 1.165) is 5.56 Å². The Hall–Kier alpha value is -2.73. The fraction of sp³-hybridized carbons (Fsp3) is 0.333. The number of benzene rings is 2. The highest BCUT2D eigenvalue weighted by Crippen LogP contribution is 2.16. The van der Waals surface area contributed by atoms with E-state index in [-0.39, 0.29) is 30.2 Å². The second kappa shape index (κ2) is 8.77. The summed E-state index contributed by atoms with van der Waals surface area (Å²) in [5.41, 5.74) is 2.03. The minimum Gasteiger partial charge on any atom is -0.375 e. The van der Waals surface area contributed by atoms with E-state index in [9.17, 15) is 14.0 Å². The van der Waals surface area contributed by atoms with Crippen molar-refractivity contribution < 1.29 is 18.7 Å². The quantitative estimate of drug-likeness (QED) is 0.879. The number of amides is 2. The number of anilines is 1. The maximum Gasteiger partial charge on any atom is 0.254 e. The normalized spacial score (nSPS) is 16.8. The summed E-state index contributed by atoms with van der Waals surface area (Å²) in [5, 5.41) is 2.82. The number of carbonyl (C=O) groups is 2. The van der Waals surface area contributed by atoms with E-state index < -0.39 is 0 Å². The highest BCUT2D eigenvalue weighted by Gasteiger charge is 2.22. The van der Waals surface area contributed by atoms with Gasteiger partial charge in [0.25, 0.3) is 5.91 Å². The van der Waals surface area contributed by atoms with E-state index in [1.165, 1.54) is 12.1 Å². The van der Waals surface area contributed by atoms with Crippen molar-refractivity contribution in [2.24, 2.45) is 0 Å². The lowest BCUT2D eigenvalue weighted by Crippen LogP contribution is -2.44. The standard InChI is InChI=1S/C21H23FN2O3/c1-15-14-24(11-12-27-15)21(26)17-3-2-4-19(13-17)23-20(25)10-7-16-5-8-18(22)9-6-16/h2-6,8-9,13,15H,7,10-12,14H2,1H3,(H,23,25). The molecular weight excluding hydrogens is 347 g/mol. The van der Waals surface area contributed by atoms with Gasteiger partial charge in [-0.2, -0.15) is 0 Å². The van der Waals surface area contributed by atoms with Crippen molar-refractivity contribution in [2.75, 3.05) is 25.0 Å². The third-order valence-electron chi connectivity index (χ3n) is 4.48. The average molecular weight is 370 g/mol. The number of hydrogen-bond donors (Lipinski definition) is 1. The largest absolute Gasteiger partial charge is 0.375 e. The summed E-state index contributed by atoms with van der Waals surface area (Å²) in [6.07, 6.45) is 0.832. The molecule has 0 aromatic heterocycles. The number of aryl methyl sites for hydroxylation is 1. The van der Waals surface area contributed by atoms with E-state index in [1.807, 2.05) is 6.92 Å². The molecule has 1 fully saturated rings. The van der Waals surface area contributed by atoms with Crippen molar-refractivity contribution in [1.29, 1.82) is 0 Å². The zero-order valence-corrected chi connectivity index (χ0v) is 15.3. The molecule has 1 aliphatic rings. The van der Waals surface area contributed by atoms with Crippen molar-refractivity contribution in [2.45, 2.75) is 25.9 Å². The Bertz CT molecular complexity index is 807. The highest BCUT2D eigenvalue weighted by molar-refractivity contribution is 5.97. The van der Waals surface area contributed by atoms with Crippen LogP contribution in [-0.4, -0.2) is 42.5 Å². The predicted octanol–water partition coefficient (Wildman–Crippen LogP) is 3.26. The third-order valence-corrected chi connectivity index (χ3v) is 4.48. The Morgan fingerprint density at radius 2 is 2.00 bits per heavy atom. The van der Waals surface area contributed by atoms with Crippen molar-refractivity contribution in [1.82, 2.24) is 4.90 Å². The Morgan fingerprint density at radius 1 is 1.22 bits per heavy atom. The molecule has 1 N–H and O–H groups in total. The van der Waals surface area contributed by atoms with Crippen LogP contribution in [0, 0.1) is 5.82 Å². The number of nitrogens with zero attached hydrogens (tertiary/aromatic N) is 1. The molecule has 0 bridgehead atoms. The van der Waals surface area contributed by atoms with Gasteiger partial charge < -0.3 is 15.0 Å². The number of morpholine rings is 1. The fourth-order valence-corrected chi connectivity index (χ4v) is 3.05. The molecular formula is C21H23FN2O3. The van der Waals surface area contributed by atoms with Gasteiger partial charge in [-0.15, -0.1) is 0 Å². The van der Waals surface area contributed by atoms with Gasteiger partial charge in [0.05, 0.1) is 12.7 Å². The van der Waals surface area contributed by atoms with E-state index >= 15 is 0 Å². The third kappa shape index (κ3) is 5.37. The topological polar surface area (TPSA) is 58.6 Å². The van der Waals surface area contributed by atoms with E-state index in [1.54, 1.807) is 41.3 Å². The maximum absolute atomic E-state index is 12.9. The van der Waals surface area contributed by atoms with E-state index in [0.29, 0.717) is 37.4 Å². The Balaban J connectivity index is 1.57.